The summed E-state index contributed by atoms with van der Waals surface area (Å²) in [5, 5.41) is 2.44. The second kappa shape index (κ2) is 8.58. The standard InChI is InChI=1S/C19H21F2NO3/c1-4-24-18-8-5-13(9-14(18)11-25-12(2)3)19(23)22-17-7-6-15(20)10-16(17)21/h5-10,12H,4,11H2,1-3H3,(H,22,23). The fraction of sp³-hybridized carbons (Fsp3) is 0.316. The Hall–Kier alpha value is -2.47. The Bertz CT molecular complexity index is 747. The lowest BCUT2D eigenvalue weighted by molar-refractivity contribution is 0.0641. The highest BCUT2D eigenvalue weighted by atomic mass is 19.1. The summed E-state index contributed by atoms with van der Waals surface area (Å²) in [5.41, 5.74) is 0.970. The van der Waals surface area contributed by atoms with Crippen molar-refractivity contribution in [2.45, 2.75) is 33.5 Å². The molecule has 25 heavy (non-hydrogen) atoms. The van der Waals surface area contributed by atoms with Gasteiger partial charge in [0.1, 0.15) is 17.4 Å². The average molecular weight is 349 g/mol. The number of amides is 1. The van der Waals surface area contributed by atoms with Crippen LogP contribution in [0.25, 0.3) is 0 Å². The molecule has 0 heterocycles. The van der Waals surface area contributed by atoms with E-state index < -0.39 is 17.5 Å². The first-order chi connectivity index (χ1) is 11.9. The van der Waals surface area contributed by atoms with E-state index >= 15 is 0 Å². The molecule has 0 aromatic heterocycles. The highest BCUT2D eigenvalue weighted by Crippen LogP contribution is 2.23. The number of halogens is 2. The van der Waals surface area contributed by atoms with E-state index in [2.05, 4.69) is 5.32 Å². The van der Waals surface area contributed by atoms with Gasteiger partial charge in [0.2, 0.25) is 0 Å². The van der Waals surface area contributed by atoms with Crippen LogP contribution >= 0.6 is 0 Å². The van der Waals surface area contributed by atoms with E-state index in [9.17, 15) is 13.6 Å². The van der Waals surface area contributed by atoms with Crippen LogP contribution in [0.3, 0.4) is 0 Å². The molecule has 0 unspecified atom stereocenters. The number of benzene rings is 2. The summed E-state index contributed by atoms with van der Waals surface area (Å²) in [6.45, 7) is 6.47. The van der Waals surface area contributed by atoms with Crippen molar-refractivity contribution in [1.82, 2.24) is 0 Å². The first kappa shape index (κ1) is 18.9. The van der Waals surface area contributed by atoms with Gasteiger partial charge in [-0.25, -0.2) is 8.78 Å². The lowest BCUT2D eigenvalue weighted by atomic mass is 10.1. The van der Waals surface area contributed by atoms with Gasteiger partial charge in [0, 0.05) is 17.2 Å². The predicted molar refractivity (Wildman–Crippen MR) is 91.8 cm³/mol. The summed E-state index contributed by atoms with van der Waals surface area (Å²) in [4.78, 5) is 12.4. The SMILES string of the molecule is CCOc1ccc(C(=O)Nc2ccc(F)cc2F)cc1COC(C)C. The summed E-state index contributed by atoms with van der Waals surface area (Å²) in [7, 11) is 0. The Morgan fingerprint density at radius 2 is 1.92 bits per heavy atom. The lowest BCUT2D eigenvalue weighted by Gasteiger charge is -2.14. The quantitative estimate of drug-likeness (QED) is 0.798. The molecule has 0 aliphatic carbocycles. The minimum absolute atomic E-state index is 0.0280. The van der Waals surface area contributed by atoms with Crippen molar-refractivity contribution >= 4 is 11.6 Å². The van der Waals surface area contributed by atoms with Crippen LogP contribution in [0.15, 0.2) is 36.4 Å². The zero-order valence-electron chi connectivity index (χ0n) is 14.4. The van der Waals surface area contributed by atoms with Crippen LogP contribution in [0.2, 0.25) is 0 Å². The average Bonchev–Trinajstić information content (AvgIpc) is 2.56. The monoisotopic (exact) mass is 349 g/mol. The van der Waals surface area contributed by atoms with Crippen molar-refractivity contribution in [2.24, 2.45) is 0 Å². The molecular formula is C19H21F2NO3. The fourth-order valence-electron chi connectivity index (χ4n) is 2.17. The predicted octanol–water partition coefficient (Wildman–Crippen LogP) is 4.54. The number of hydrogen-bond donors (Lipinski definition) is 1. The first-order valence-electron chi connectivity index (χ1n) is 8.04. The molecule has 1 amide bonds. The molecule has 0 aliphatic heterocycles. The summed E-state index contributed by atoms with van der Waals surface area (Å²) in [5.74, 6) is -1.40. The third kappa shape index (κ3) is 5.26. The summed E-state index contributed by atoms with van der Waals surface area (Å²) >= 11 is 0. The van der Waals surface area contributed by atoms with E-state index in [4.69, 9.17) is 9.47 Å². The van der Waals surface area contributed by atoms with E-state index in [0.29, 0.717) is 24.5 Å². The molecule has 2 rings (SSSR count). The van der Waals surface area contributed by atoms with Crippen LogP contribution in [0.4, 0.5) is 14.5 Å². The van der Waals surface area contributed by atoms with E-state index in [1.54, 1.807) is 18.2 Å². The summed E-state index contributed by atoms with van der Waals surface area (Å²) < 4.78 is 37.8. The fourth-order valence-corrected chi connectivity index (χ4v) is 2.17. The van der Waals surface area contributed by atoms with Gasteiger partial charge in [0.15, 0.2) is 0 Å². The van der Waals surface area contributed by atoms with Gasteiger partial charge in [-0.1, -0.05) is 0 Å². The number of nitrogens with one attached hydrogen (secondary N) is 1. The van der Waals surface area contributed by atoms with Gasteiger partial charge < -0.3 is 14.8 Å². The third-order valence-corrected chi connectivity index (χ3v) is 3.37. The maximum atomic E-state index is 13.7. The Kier molecular flexibility index (Phi) is 6.47. The second-order valence-electron chi connectivity index (χ2n) is 5.69. The van der Waals surface area contributed by atoms with Crippen molar-refractivity contribution < 1.29 is 23.0 Å². The van der Waals surface area contributed by atoms with Crippen LogP contribution < -0.4 is 10.1 Å². The molecule has 134 valence electrons. The van der Waals surface area contributed by atoms with Crippen LogP contribution in [-0.2, 0) is 11.3 Å². The highest BCUT2D eigenvalue weighted by Gasteiger charge is 2.13. The minimum Gasteiger partial charge on any atom is -0.494 e. The zero-order valence-corrected chi connectivity index (χ0v) is 14.4. The number of anilines is 1. The van der Waals surface area contributed by atoms with Gasteiger partial charge in [0.05, 0.1) is 25.0 Å². The van der Waals surface area contributed by atoms with E-state index in [1.165, 1.54) is 6.07 Å². The molecule has 0 saturated carbocycles. The smallest absolute Gasteiger partial charge is 0.255 e. The molecule has 0 radical (unpaired) electrons. The van der Waals surface area contributed by atoms with Crippen LogP contribution in [0.5, 0.6) is 5.75 Å². The van der Waals surface area contributed by atoms with Crippen molar-refractivity contribution in [3.05, 3.63) is 59.2 Å². The Balaban J connectivity index is 2.22. The van der Waals surface area contributed by atoms with Gasteiger partial charge in [-0.3, -0.25) is 4.79 Å². The zero-order chi connectivity index (χ0) is 18.4. The molecule has 6 heteroatoms. The Morgan fingerprint density at radius 3 is 2.56 bits per heavy atom. The van der Waals surface area contributed by atoms with Gasteiger partial charge >= 0.3 is 0 Å². The number of rotatable bonds is 7. The molecule has 1 N–H and O–H groups in total. The second-order valence-corrected chi connectivity index (χ2v) is 5.69. The number of carbonyl (C=O) groups excluding carboxylic acids is 1. The third-order valence-electron chi connectivity index (χ3n) is 3.37. The molecule has 2 aromatic carbocycles. The van der Waals surface area contributed by atoms with E-state index in [-0.39, 0.29) is 11.8 Å². The number of ether oxygens (including phenoxy) is 2. The van der Waals surface area contributed by atoms with Crippen LogP contribution in [0, 0.1) is 11.6 Å². The van der Waals surface area contributed by atoms with Gasteiger partial charge in [-0.15, -0.1) is 0 Å². The largest absolute Gasteiger partial charge is 0.494 e. The molecular weight excluding hydrogens is 328 g/mol. The molecule has 0 aliphatic rings. The maximum Gasteiger partial charge on any atom is 0.255 e. The molecule has 0 spiro atoms. The van der Waals surface area contributed by atoms with Gasteiger partial charge in [-0.05, 0) is 51.1 Å². The topological polar surface area (TPSA) is 47.6 Å². The van der Waals surface area contributed by atoms with Gasteiger partial charge in [0.25, 0.3) is 5.91 Å². The van der Waals surface area contributed by atoms with Crippen molar-refractivity contribution in [3.63, 3.8) is 0 Å². The van der Waals surface area contributed by atoms with Crippen LogP contribution in [-0.4, -0.2) is 18.6 Å². The summed E-state index contributed by atoms with van der Waals surface area (Å²) in [6.07, 6.45) is 0.0280. The minimum atomic E-state index is -0.831. The lowest BCUT2D eigenvalue weighted by Crippen LogP contribution is -2.14. The van der Waals surface area contributed by atoms with Crippen LogP contribution in [0.1, 0.15) is 36.7 Å². The first-order valence-corrected chi connectivity index (χ1v) is 8.04. The Morgan fingerprint density at radius 1 is 1.16 bits per heavy atom. The van der Waals surface area contributed by atoms with E-state index in [1.807, 2.05) is 20.8 Å². The highest BCUT2D eigenvalue weighted by molar-refractivity contribution is 6.04. The number of hydrogen-bond acceptors (Lipinski definition) is 3. The molecule has 4 nitrogen and oxygen atoms in total. The normalized spacial score (nSPS) is 10.8. The maximum absolute atomic E-state index is 13.7. The summed E-state index contributed by atoms with van der Waals surface area (Å²) in [6, 6.07) is 7.89. The number of carbonyl (C=O) groups is 1. The molecule has 2 aromatic rings. The molecule has 0 bridgehead atoms. The van der Waals surface area contributed by atoms with Crippen molar-refractivity contribution in [2.75, 3.05) is 11.9 Å². The molecule has 0 fully saturated rings. The molecule has 0 saturated heterocycles. The van der Waals surface area contributed by atoms with Crippen molar-refractivity contribution in [1.29, 1.82) is 0 Å². The van der Waals surface area contributed by atoms with Gasteiger partial charge in [-0.2, -0.15) is 0 Å². The van der Waals surface area contributed by atoms with E-state index in [0.717, 1.165) is 17.7 Å². The Labute approximate surface area is 145 Å². The van der Waals surface area contributed by atoms with Crippen molar-refractivity contribution in [3.8, 4) is 5.75 Å². The molecule has 0 atom stereocenters.